The second-order valence-electron chi connectivity index (χ2n) is 16.6. The highest BCUT2D eigenvalue weighted by atomic mass is 16.5. The number of nitrogens with zero attached hydrogens (tertiary/aromatic N) is 4. The maximum atomic E-state index is 14.2. The fraction of sp³-hybridized carbons (Fsp3) is 0.571. The van der Waals surface area contributed by atoms with E-state index in [0.717, 1.165) is 51.1 Å². The Kier molecular flexibility index (Phi) is 10.8. The number of aliphatic hydroxyl groups excluding tert-OH is 1. The molecule has 7 rings (SSSR count). The van der Waals surface area contributed by atoms with Gasteiger partial charge in [-0.05, 0) is 92.0 Å². The Morgan fingerprint density at radius 2 is 1.96 bits per heavy atom. The van der Waals surface area contributed by atoms with Gasteiger partial charge in [0.2, 0.25) is 5.91 Å². The summed E-state index contributed by atoms with van der Waals surface area (Å²) in [6.07, 6.45) is 4.46. The van der Waals surface area contributed by atoms with Gasteiger partial charge in [0.1, 0.15) is 12.1 Å². The molecule has 4 aliphatic rings. The van der Waals surface area contributed by atoms with Gasteiger partial charge in [0.15, 0.2) is 0 Å². The van der Waals surface area contributed by atoms with Crippen molar-refractivity contribution in [3.8, 4) is 11.3 Å². The number of benzene rings is 1. The summed E-state index contributed by atoms with van der Waals surface area (Å²) in [5.41, 5.74) is 9.72. The first-order valence-corrected chi connectivity index (χ1v) is 19.6. The molecule has 54 heavy (non-hydrogen) atoms. The average Bonchev–Trinajstić information content (AvgIpc) is 3.65. The molecular weight excluding hydrogens is 684 g/mol. The number of hydrogen-bond acceptors (Lipinski definition) is 9. The number of pyridine rings is 1. The molecule has 1 aromatic carbocycles. The van der Waals surface area contributed by atoms with Crippen molar-refractivity contribution < 1.29 is 29.0 Å². The summed E-state index contributed by atoms with van der Waals surface area (Å²) < 4.78 is 14.2. The van der Waals surface area contributed by atoms with Crippen LogP contribution in [0.15, 0.2) is 42.6 Å². The van der Waals surface area contributed by atoms with Gasteiger partial charge in [-0.3, -0.25) is 29.3 Å². The highest BCUT2D eigenvalue weighted by Crippen LogP contribution is 2.45. The number of carbonyl (C=O) groups excluding carboxylic acids is 3. The molecule has 1 saturated carbocycles. The van der Waals surface area contributed by atoms with Crippen molar-refractivity contribution in [2.75, 3.05) is 39.9 Å². The van der Waals surface area contributed by atoms with E-state index in [1.807, 2.05) is 24.0 Å². The third-order valence-electron chi connectivity index (χ3n) is 12.1. The number of hydrogen-bond donors (Lipinski definition) is 3. The van der Waals surface area contributed by atoms with E-state index < -0.39 is 29.6 Å². The first-order chi connectivity index (χ1) is 25.8. The highest BCUT2D eigenvalue weighted by Gasteiger charge is 2.49. The quantitative estimate of drug-likeness (QED) is 0.312. The number of esters is 1. The molecule has 3 aliphatic heterocycles. The number of amides is 2. The zero-order valence-electron chi connectivity index (χ0n) is 32.7. The van der Waals surface area contributed by atoms with Crippen molar-refractivity contribution >= 4 is 34.3 Å². The molecular formula is C42H56N6O6. The zero-order valence-corrected chi connectivity index (χ0v) is 32.7. The fourth-order valence-corrected chi connectivity index (χ4v) is 8.78. The van der Waals surface area contributed by atoms with Crippen molar-refractivity contribution in [2.24, 2.45) is 23.2 Å². The van der Waals surface area contributed by atoms with E-state index in [1.54, 1.807) is 13.3 Å². The number of cyclic esters (lactones) is 1. The molecule has 2 fully saturated rings. The van der Waals surface area contributed by atoms with Gasteiger partial charge in [-0.2, -0.15) is 0 Å². The predicted molar refractivity (Wildman–Crippen MR) is 207 cm³/mol. The third-order valence-corrected chi connectivity index (χ3v) is 12.1. The van der Waals surface area contributed by atoms with E-state index in [9.17, 15) is 19.5 Å². The fourth-order valence-electron chi connectivity index (χ4n) is 8.78. The second kappa shape index (κ2) is 15.2. The summed E-state index contributed by atoms with van der Waals surface area (Å²) in [4.78, 5) is 48.2. The number of methoxy groups -OCH3 is 1. The molecule has 8 atom stereocenters. The molecule has 1 aliphatic carbocycles. The molecule has 12 heteroatoms. The van der Waals surface area contributed by atoms with Crippen molar-refractivity contribution in [1.82, 2.24) is 30.2 Å². The Bertz CT molecular complexity index is 1950. The summed E-state index contributed by atoms with van der Waals surface area (Å²) >= 11 is 0. The van der Waals surface area contributed by atoms with E-state index in [2.05, 4.69) is 74.2 Å². The summed E-state index contributed by atoms with van der Waals surface area (Å²) in [5.74, 6) is -0.485. The smallest absolute Gasteiger partial charge is 0.324 e. The Morgan fingerprint density at radius 1 is 1.19 bits per heavy atom. The van der Waals surface area contributed by atoms with Gasteiger partial charge in [0.05, 0.1) is 30.2 Å². The molecule has 2 unspecified atom stereocenters. The number of hydrazine groups is 1. The lowest BCUT2D eigenvalue weighted by Gasteiger charge is -2.38. The lowest BCUT2D eigenvalue weighted by atomic mass is 9.84. The number of nitrogens with one attached hydrogen (secondary N) is 2. The number of fused-ring (bicyclic) bond motifs is 6. The maximum Gasteiger partial charge on any atom is 0.324 e. The van der Waals surface area contributed by atoms with Gasteiger partial charge >= 0.3 is 5.97 Å². The number of ether oxygens (including phenoxy) is 2. The van der Waals surface area contributed by atoms with E-state index in [1.165, 1.54) is 5.01 Å². The van der Waals surface area contributed by atoms with Crippen LogP contribution in [0.5, 0.6) is 0 Å². The molecule has 1 saturated heterocycles. The summed E-state index contributed by atoms with van der Waals surface area (Å²) in [7, 11) is 1.69. The summed E-state index contributed by atoms with van der Waals surface area (Å²) in [6.45, 7) is 14.8. The van der Waals surface area contributed by atoms with Crippen LogP contribution in [0.25, 0.3) is 27.7 Å². The van der Waals surface area contributed by atoms with Gasteiger partial charge in [0.25, 0.3) is 5.91 Å². The first kappa shape index (κ1) is 38.2. The molecule has 0 spiro atoms. The standard InChI is InChI=1S/C42H56N6O6/c1-8-47-35-14-13-27-18-31(35)32(38(47)30-11-9-15-43-37(30)26(4)53-7)19-42(5,6)23-54-41(52)33-12-10-16-48(45-33)40(51)34(44-39(50)36-24(2)25(36)3)22-46-20-28(27)17-29(49)21-46/h9,11,13-15,17-18,24-26,29,33-34,36,45,49H,8,10,12,16,19-23H2,1-7H3,(H,44,50)/t24-,25+,26-,29+,33-,34-,36?/m0/s1. The molecule has 2 aromatic heterocycles. The van der Waals surface area contributed by atoms with Crippen LogP contribution in [0.2, 0.25) is 0 Å². The van der Waals surface area contributed by atoms with E-state index in [4.69, 9.17) is 14.5 Å². The van der Waals surface area contributed by atoms with Crippen molar-refractivity contribution in [2.45, 2.75) is 91.6 Å². The highest BCUT2D eigenvalue weighted by molar-refractivity contribution is 5.95. The van der Waals surface area contributed by atoms with Crippen LogP contribution < -0.4 is 10.7 Å². The zero-order chi connectivity index (χ0) is 38.5. The number of aryl methyl sites for hydroxylation is 1. The van der Waals surface area contributed by atoms with Crippen LogP contribution in [-0.2, 0) is 36.8 Å². The number of aliphatic hydroxyl groups is 1. The largest absolute Gasteiger partial charge is 0.464 e. The van der Waals surface area contributed by atoms with Gasteiger partial charge < -0.3 is 24.5 Å². The SMILES string of the molecule is CCn1c(-c2cccnc2[C@H](C)OC)c2c3cc(ccc31)C1=C[C@@H](O)CN(C1)C[C@H](NC(=O)C1[C@@H](C)[C@H]1C)C(=O)N1CCC[C@H](N1)C(=O)OCC(C)(C)C2. The minimum absolute atomic E-state index is 0.134. The topological polar surface area (TPSA) is 138 Å². The predicted octanol–water partition coefficient (Wildman–Crippen LogP) is 4.50. The Hall–Kier alpha value is -4.10. The lowest BCUT2D eigenvalue weighted by molar-refractivity contribution is -0.155. The molecule has 3 aromatic rings. The molecule has 5 heterocycles. The first-order valence-electron chi connectivity index (χ1n) is 19.6. The van der Waals surface area contributed by atoms with E-state index in [0.29, 0.717) is 38.9 Å². The molecule has 290 valence electrons. The molecule has 0 radical (unpaired) electrons. The molecule has 2 amide bonds. The van der Waals surface area contributed by atoms with Crippen LogP contribution >= 0.6 is 0 Å². The van der Waals surface area contributed by atoms with Crippen molar-refractivity contribution in [3.05, 3.63) is 59.4 Å². The minimum atomic E-state index is -0.873. The summed E-state index contributed by atoms with van der Waals surface area (Å²) in [6, 6.07) is 8.96. The normalized spacial score (nSPS) is 29.2. The van der Waals surface area contributed by atoms with Crippen LogP contribution in [0, 0.1) is 23.2 Å². The van der Waals surface area contributed by atoms with E-state index >= 15 is 0 Å². The van der Waals surface area contributed by atoms with Crippen LogP contribution in [0.3, 0.4) is 0 Å². The maximum absolute atomic E-state index is 14.2. The Balaban J connectivity index is 1.34. The van der Waals surface area contributed by atoms with Gasteiger partial charge in [-0.1, -0.05) is 33.8 Å². The Morgan fingerprint density at radius 3 is 2.69 bits per heavy atom. The Labute approximate surface area is 318 Å². The van der Waals surface area contributed by atoms with Crippen LogP contribution in [-0.4, -0.2) is 100 Å². The minimum Gasteiger partial charge on any atom is -0.464 e. The van der Waals surface area contributed by atoms with Gasteiger partial charge in [-0.15, -0.1) is 0 Å². The van der Waals surface area contributed by atoms with Crippen LogP contribution in [0.4, 0.5) is 0 Å². The lowest BCUT2D eigenvalue weighted by Crippen LogP contribution is -2.62. The van der Waals surface area contributed by atoms with Crippen molar-refractivity contribution in [3.63, 3.8) is 0 Å². The van der Waals surface area contributed by atoms with Crippen molar-refractivity contribution in [1.29, 1.82) is 0 Å². The molecule has 6 bridgehead atoms. The monoisotopic (exact) mass is 740 g/mol. The van der Waals surface area contributed by atoms with E-state index in [-0.39, 0.29) is 48.8 Å². The van der Waals surface area contributed by atoms with Crippen LogP contribution in [0.1, 0.15) is 77.3 Å². The molecule has 3 N–H and O–H groups in total. The number of aromatic nitrogens is 2. The number of carbonyl (C=O) groups is 3. The average molecular weight is 741 g/mol. The number of rotatable bonds is 6. The molecule has 12 nitrogen and oxygen atoms in total. The third kappa shape index (κ3) is 7.45. The van der Waals surface area contributed by atoms with Gasteiger partial charge in [-0.25, -0.2) is 5.43 Å². The summed E-state index contributed by atoms with van der Waals surface area (Å²) in [5, 5.41) is 16.9. The second-order valence-corrected chi connectivity index (χ2v) is 16.6. The van der Waals surface area contributed by atoms with Gasteiger partial charge in [0, 0.05) is 73.8 Å².